The molecule has 0 bridgehead atoms. The van der Waals surface area contributed by atoms with Crippen LogP contribution in [0.4, 0.5) is 5.69 Å². The second-order valence-corrected chi connectivity index (χ2v) is 6.34. The molecule has 0 atom stereocenters. The average molecular weight is 332 g/mol. The quantitative estimate of drug-likeness (QED) is 0.737. The van der Waals surface area contributed by atoms with Crippen molar-refractivity contribution in [1.29, 1.82) is 0 Å². The Hall–Kier alpha value is -2.87. The minimum absolute atomic E-state index is 0.0544. The van der Waals surface area contributed by atoms with E-state index in [1.807, 2.05) is 0 Å². The molecule has 1 heterocycles. The molecule has 0 aliphatic carbocycles. The number of ether oxygens (including phenoxy) is 1. The van der Waals surface area contributed by atoms with E-state index in [9.17, 15) is 13.2 Å². The fourth-order valence-electron chi connectivity index (χ4n) is 2.01. The molecule has 0 spiro atoms. The number of fused-ring (bicyclic) bond motifs is 1. The van der Waals surface area contributed by atoms with Crippen molar-refractivity contribution in [3.63, 3.8) is 0 Å². The van der Waals surface area contributed by atoms with Crippen LogP contribution in [0.3, 0.4) is 0 Å². The van der Waals surface area contributed by atoms with E-state index in [2.05, 4.69) is 14.4 Å². The first-order valence-electron chi connectivity index (χ1n) is 6.54. The summed E-state index contributed by atoms with van der Waals surface area (Å²) >= 11 is 0. The van der Waals surface area contributed by atoms with Crippen LogP contribution in [0.25, 0.3) is 11.1 Å². The number of carbonyl (C=O) groups excluding carboxylic acids is 1. The summed E-state index contributed by atoms with van der Waals surface area (Å²) in [4.78, 5) is 15.3. The van der Waals surface area contributed by atoms with Gasteiger partial charge in [-0.15, -0.1) is 0 Å². The minimum atomic E-state index is -3.78. The number of aromatic nitrogens is 1. The van der Waals surface area contributed by atoms with E-state index in [1.165, 1.54) is 49.9 Å². The highest BCUT2D eigenvalue weighted by Gasteiger charge is 2.16. The minimum Gasteiger partial charge on any atom is -0.465 e. The third kappa shape index (κ3) is 3.02. The van der Waals surface area contributed by atoms with Crippen molar-refractivity contribution < 1.29 is 22.4 Å². The van der Waals surface area contributed by atoms with Gasteiger partial charge in [0.25, 0.3) is 10.0 Å². The van der Waals surface area contributed by atoms with Gasteiger partial charge in [-0.05, 0) is 36.4 Å². The van der Waals surface area contributed by atoms with Crippen LogP contribution in [0.15, 0.2) is 58.2 Å². The van der Waals surface area contributed by atoms with Gasteiger partial charge in [0, 0.05) is 11.8 Å². The Morgan fingerprint density at radius 2 is 1.91 bits per heavy atom. The number of esters is 1. The first-order valence-corrected chi connectivity index (χ1v) is 8.02. The van der Waals surface area contributed by atoms with Gasteiger partial charge in [0.1, 0.15) is 5.52 Å². The third-order valence-electron chi connectivity index (χ3n) is 3.17. The lowest BCUT2D eigenvalue weighted by Gasteiger charge is -2.08. The lowest BCUT2D eigenvalue weighted by atomic mass is 10.2. The van der Waals surface area contributed by atoms with Crippen molar-refractivity contribution in [2.24, 2.45) is 0 Å². The number of sulfonamides is 1. The van der Waals surface area contributed by atoms with E-state index in [4.69, 9.17) is 4.42 Å². The molecule has 8 heteroatoms. The van der Waals surface area contributed by atoms with Crippen LogP contribution < -0.4 is 4.72 Å². The van der Waals surface area contributed by atoms with Crippen molar-refractivity contribution in [2.75, 3.05) is 11.8 Å². The summed E-state index contributed by atoms with van der Waals surface area (Å²) in [5.74, 6) is -0.491. The fraction of sp³-hybridized carbons (Fsp3) is 0.0667. The monoisotopic (exact) mass is 332 g/mol. The number of hydrogen-bond donors (Lipinski definition) is 1. The maximum absolute atomic E-state index is 12.4. The van der Waals surface area contributed by atoms with E-state index in [0.717, 1.165) is 0 Å². The molecule has 0 aliphatic heterocycles. The van der Waals surface area contributed by atoms with Crippen molar-refractivity contribution in [3.8, 4) is 0 Å². The second-order valence-electron chi connectivity index (χ2n) is 4.66. The summed E-state index contributed by atoms with van der Waals surface area (Å²) in [5.41, 5.74) is 1.62. The Balaban J connectivity index is 1.86. The number of oxazole rings is 1. The van der Waals surface area contributed by atoms with Gasteiger partial charge in [0.2, 0.25) is 0 Å². The lowest BCUT2D eigenvalue weighted by Crippen LogP contribution is -2.13. The molecule has 0 fully saturated rings. The van der Waals surface area contributed by atoms with Crippen molar-refractivity contribution >= 4 is 32.8 Å². The molecule has 118 valence electrons. The average Bonchev–Trinajstić information content (AvgIpc) is 3.02. The summed E-state index contributed by atoms with van der Waals surface area (Å²) < 4.78 is 36.9. The van der Waals surface area contributed by atoms with E-state index in [0.29, 0.717) is 22.4 Å². The first kappa shape index (κ1) is 15.0. The Labute approximate surface area is 131 Å². The zero-order valence-corrected chi connectivity index (χ0v) is 12.8. The Morgan fingerprint density at radius 3 is 2.61 bits per heavy atom. The highest BCUT2D eigenvalue weighted by molar-refractivity contribution is 7.92. The number of carbonyl (C=O) groups is 1. The van der Waals surface area contributed by atoms with Gasteiger partial charge in [0.05, 0.1) is 17.6 Å². The van der Waals surface area contributed by atoms with Gasteiger partial charge in [-0.1, -0.05) is 0 Å². The molecule has 0 amide bonds. The van der Waals surface area contributed by atoms with Gasteiger partial charge >= 0.3 is 5.97 Å². The number of benzene rings is 2. The summed E-state index contributed by atoms with van der Waals surface area (Å²) in [6.07, 6.45) is 1.25. The predicted molar refractivity (Wildman–Crippen MR) is 82.6 cm³/mol. The van der Waals surface area contributed by atoms with Gasteiger partial charge in [0.15, 0.2) is 12.0 Å². The zero-order valence-electron chi connectivity index (χ0n) is 12.0. The Morgan fingerprint density at radius 1 is 1.17 bits per heavy atom. The van der Waals surface area contributed by atoms with E-state index >= 15 is 0 Å². The second kappa shape index (κ2) is 5.73. The zero-order chi connectivity index (χ0) is 16.4. The van der Waals surface area contributed by atoms with Gasteiger partial charge in [-0.25, -0.2) is 18.2 Å². The number of anilines is 1. The molecule has 0 saturated heterocycles. The maximum atomic E-state index is 12.4. The van der Waals surface area contributed by atoms with Crippen LogP contribution in [-0.2, 0) is 14.8 Å². The van der Waals surface area contributed by atoms with Crippen molar-refractivity contribution in [3.05, 3.63) is 54.4 Å². The van der Waals surface area contributed by atoms with Crippen molar-refractivity contribution in [1.82, 2.24) is 4.98 Å². The molecule has 3 aromatic rings. The number of rotatable bonds is 4. The summed E-state index contributed by atoms with van der Waals surface area (Å²) in [6, 6.07) is 10.3. The lowest BCUT2D eigenvalue weighted by molar-refractivity contribution is 0.0601. The number of hydrogen-bond acceptors (Lipinski definition) is 6. The molecule has 0 radical (unpaired) electrons. The first-order chi connectivity index (χ1) is 11.0. The van der Waals surface area contributed by atoms with Gasteiger partial charge in [-0.2, -0.15) is 0 Å². The standard InChI is InChI=1S/C15H12N2O5S/c1-21-15(18)10-2-4-11(5-3-10)17-23(19,20)12-6-7-13-14(8-12)22-9-16-13/h2-9,17H,1H3. The molecule has 0 aliphatic rings. The Kier molecular flexibility index (Phi) is 3.75. The van der Waals surface area contributed by atoms with Crippen LogP contribution in [0.2, 0.25) is 0 Å². The van der Waals surface area contributed by atoms with E-state index < -0.39 is 16.0 Å². The molecular formula is C15H12N2O5S. The summed E-state index contributed by atoms with van der Waals surface area (Å²) in [5, 5.41) is 0. The number of nitrogens with one attached hydrogen (secondary N) is 1. The molecule has 0 unspecified atom stereocenters. The smallest absolute Gasteiger partial charge is 0.337 e. The van der Waals surface area contributed by atoms with Crippen LogP contribution in [0.5, 0.6) is 0 Å². The normalized spacial score (nSPS) is 11.3. The molecule has 0 saturated carbocycles. The fourth-order valence-corrected chi connectivity index (χ4v) is 3.08. The molecular weight excluding hydrogens is 320 g/mol. The molecule has 3 rings (SSSR count). The van der Waals surface area contributed by atoms with Gasteiger partial charge in [-0.3, -0.25) is 4.72 Å². The molecule has 1 aromatic heterocycles. The highest BCUT2D eigenvalue weighted by atomic mass is 32.2. The molecule has 23 heavy (non-hydrogen) atoms. The Bertz CT molecular complexity index is 961. The van der Waals surface area contributed by atoms with E-state index in [-0.39, 0.29) is 4.90 Å². The van der Waals surface area contributed by atoms with Crippen LogP contribution in [0.1, 0.15) is 10.4 Å². The molecule has 7 nitrogen and oxygen atoms in total. The van der Waals surface area contributed by atoms with Crippen molar-refractivity contribution in [2.45, 2.75) is 4.90 Å². The molecule has 2 aromatic carbocycles. The maximum Gasteiger partial charge on any atom is 0.337 e. The number of methoxy groups -OCH3 is 1. The highest BCUT2D eigenvalue weighted by Crippen LogP contribution is 2.21. The third-order valence-corrected chi connectivity index (χ3v) is 4.55. The summed E-state index contributed by atoms with van der Waals surface area (Å²) in [7, 11) is -2.50. The topological polar surface area (TPSA) is 98.5 Å². The van der Waals surface area contributed by atoms with E-state index in [1.54, 1.807) is 6.07 Å². The van der Waals surface area contributed by atoms with Crippen LogP contribution in [0, 0.1) is 0 Å². The number of nitrogens with zero attached hydrogens (tertiary/aromatic N) is 1. The molecule has 1 N–H and O–H groups in total. The largest absolute Gasteiger partial charge is 0.465 e. The van der Waals surface area contributed by atoms with Gasteiger partial charge < -0.3 is 9.15 Å². The predicted octanol–water partition coefficient (Wildman–Crippen LogP) is 2.42. The van der Waals surface area contributed by atoms with Crippen LogP contribution >= 0.6 is 0 Å². The SMILES string of the molecule is COC(=O)c1ccc(NS(=O)(=O)c2ccc3ncoc3c2)cc1. The van der Waals surface area contributed by atoms with Crippen LogP contribution in [-0.4, -0.2) is 26.5 Å². The summed E-state index contributed by atoms with van der Waals surface area (Å²) in [6.45, 7) is 0.